The van der Waals surface area contributed by atoms with Gasteiger partial charge in [-0.05, 0) is 67.7 Å². The fourth-order valence-electron chi connectivity index (χ4n) is 3.09. The minimum atomic E-state index is 0.831. The fourth-order valence-corrected chi connectivity index (χ4v) is 3.09. The lowest BCUT2D eigenvalue weighted by molar-refractivity contribution is 0.713. The lowest BCUT2D eigenvalue weighted by Gasteiger charge is -2.15. The van der Waals surface area contributed by atoms with Crippen molar-refractivity contribution >= 4 is 5.57 Å². The van der Waals surface area contributed by atoms with Gasteiger partial charge >= 0.3 is 0 Å². The monoisotopic (exact) mass is 199 g/mol. The SMILES string of the molecule is C/C=C(\C)c1cc2c(cn1)C1CCC2C1. The summed E-state index contributed by atoms with van der Waals surface area (Å²) in [5, 5.41) is 0. The number of aromatic nitrogens is 1. The molecule has 0 aliphatic heterocycles. The van der Waals surface area contributed by atoms with Crippen LogP contribution < -0.4 is 0 Å². The van der Waals surface area contributed by atoms with Gasteiger partial charge in [-0.15, -0.1) is 0 Å². The highest BCUT2D eigenvalue weighted by Crippen LogP contribution is 2.52. The summed E-state index contributed by atoms with van der Waals surface area (Å²) in [7, 11) is 0. The van der Waals surface area contributed by atoms with Gasteiger partial charge in [0.1, 0.15) is 0 Å². The van der Waals surface area contributed by atoms with Crippen molar-refractivity contribution in [3.8, 4) is 0 Å². The predicted octanol–water partition coefficient (Wildman–Crippen LogP) is 3.87. The van der Waals surface area contributed by atoms with E-state index in [9.17, 15) is 0 Å². The van der Waals surface area contributed by atoms with Crippen LogP contribution in [0, 0.1) is 0 Å². The molecule has 15 heavy (non-hydrogen) atoms. The van der Waals surface area contributed by atoms with Gasteiger partial charge < -0.3 is 0 Å². The molecule has 2 aliphatic rings. The Balaban J connectivity index is 2.08. The summed E-state index contributed by atoms with van der Waals surface area (Å²) in [6.45, 7) is 4.22. The highest BCUT2D eigenvalue weighted by molar-refractivity contribution is 5.62. The quantitative estimate of drug-likeness (QED) is 0.669. The summed E-state index contributed by atoms with van der Waals surface area (Å²) >= 11 is 0. The maximum Gasteiger partial charge on any atom is 0.0658 e. The van der Waals surface area contributed by atoms with Crippen LogP contribution >= 0.6 is 0 Å². The number of pyridine rings is 1. The molecular weight excluding hydrogens is 182 g/mol. The zero-order valence-electron chi connectivity index (χ0n) is 9.46. The van der Waals surface area contributed by atoms with Crippen LogP contribution in [-0.4, -0.2) is 4.98 Å². The summed E-state index contributed by atoms with van der Waals surface area (Å²) in [4.78, 5) is 4.57. The highest BCUT2D eigenvalue weighted by Gasteiger charge is 2.37. The zero-order valence-corrected chi connectivity index (χ0v) is 9.46. The van der Waals surface area contributed by atoms with Crippen LogP contribution in [0.4, 0.5) is 0 Å². The van der Waals surface area contributed by atoms with Gasteiger partial charge in [0.2, 0.25) is 0 Å². The fraction of sp³-hybridized carbons (Fsp3) is 0.500. The summed E-state index contributed by atoms with van der Waals surface area (Å²) in [5.41, 5.74) is 5.60. The number of nitrogens with zero attached hydrogens (tertiary/aromatic N) is 1. The molecule has 1 saturated carbocycles. The molecule has 0 N–H and O–H groups in total. The first kappa shape index (κ1) is 9.14. The first-order chi connectivity index (χ1) is 7.29. The van der Waals surface area contributed by atoms with Gasteiger partial charge in [-0.3, -0.25) is 4.98 Å². The second-order valence-corrected chi connectivity index (χ2v) is 4.88. The van der Waals surface area contributed by atoms with E-state index in [2.05, 4.69) is 37.2 Å². The van der Waals surface area contributed by atoms with Gasteiger partial charge in [0.25, 0.3) is 0 Å². The van der Waals surface area contributed by atoms with Crippen LogP contribution in [0.2, 0.25) is 0 Å². The van der Waals surface area contributed by atoms with E-state index in [1.165, 1.54) is 30.5 Å². The van der Waals surface area contributed by atoms with E-state index in [-0.39, 0.29) is 0 Å². The first-order valence-electron chi connectivity index (χ1n) is 5.92. The van der Waals surface area contributed by atoms with Crippen molar-refractivity contribution in [2.24, 2.45) is 0 Å². The standard InChI is InChI=1S/C14H17N/c1-3-9(2)14-7-12-10-4-5-11(6-10)13(12)8-15-14/h3,7-8,10-11H,4-6H2,1-2H3/b9-3+. The van der Waals surface area contributed by atoms with Gasteiger partial charge in [-0.25, -0.2) is 0 Å². The Hall–Kier alpha value is -1.11. The lowest BCUT2D eigenvalue weighted by Crippen LogP contribution is -2.00. The van der Waals surface area contributed by atoms with E-state index in [1.54, 1.807) is 11.1 Å². The summed E-state index contributed by atoms with van der Waals surface area (Å²) < 4.78 is 0. The molecule has 0 saturated heterocycles. The molecule has 0 aromatic carbocycles. The molecule has 2 atom stereocenters. The maximum atomic E-state index is 4.57. The van der Waals surface area contributed by atoms with Crippen LogP contribution in [0.1, 0.15) is 61.8 Å². The first-order valence-corrected chi connectivity index (χ1v) is 5.92. The van der Waals surface area contributed by atoms with Crippen molar-refractivity contribution in [1.82, 2.24) is 4.98 Å². The molecule has 1 aromatic rings. The zero-order chi connectivity index (χ0) is 10.4. The Morgan fingerprint density at radius 3 is 2.80 bits per heavy atom. The Bertz CT molecular complexity index is 431. The van der Waals surface area contributed by atoms with Crippen molar-refractivity contribution in [2.45, 2.75) is 44.9 Å². The number of hydrogen-bond acceptors (Lipinski definition) is 1. The lowest BCUT2D eigenvalue weighted by atomic mass is 9.92. The Labute approximate surface area is 91.2 Å². The summed E-state index contributed by atoms with van der Waals surface area (Å²) in [6.07, 6.45) is 8.44. The van der Waals surface area contributed by atoms with Gasteiger partial charge in [0, 0.05) is 6.20 Å². The van der Waals surface area contributed by atoms with Gasteiger partial charge in [0.15, 0.2) is 0 Å². The number of rotatable bonds is 1. The molecule has 78 valence electrons. The smallest absolute Gasteiger partial charge is 0.0658 e. The molecule has 1 aromatic heterocycles. The molecule has 0 spiro atoms. The Morgan fingerprint density at radius 1 is 1.33 bits per heavy atom. The van der Waals surface area contributed by atoms with Crippen LogP contribution in [0.15, 0.2) is 18.3 Å². The summed E-state index contributed by atoms with van der Waals surface area (Å²) in [5.74, 6) is 1.67. The van der Waals surface area contributed by atoms with Crippen LogP contribution in [0.25, 0.3) is 5.57 Å². The van der Waals surface area contributed by atoms with E-state index >= 15 is 0 Å². The minimum absolute atomic E-state index is 0.831. The van der Waals surface area contributed by atoms with Crippen molar-refractivity contribution in [3.63, 3.8) is 0 Å². The summed E-state index contributed by atoms with van der Waals surface area (Å²) in [6, 6.07) is 2.33. The Morgan fingerprint density at radius 2 is 2.07 bits per heavy atom. The number of allylic oxidation sites excluding steroid dienone is 2. The third kappa shape index (κ3) is 1.26. The van der Waals surface area contributed by atoms with Crippen molar-refractivity contribution < 1.29 is 0 Å². The molecule has 1 nitrogen and oxygen atoms in total. The average Bonchev–Trinajstić information content (AvgIpc) is 2.88. The van der Waals surface area contributed by atoms with Crippen molar-refractivity contribution in [2.75, 3.05) is 0 Å². The average molecular weight is 199 g/mol. The van der Waals surface area contributed by atoms with Gasteiger partial charge in [0.05, 0.1) is 5.69 Å². The topological polar surface area (TPSA) is 12.9 Å². The molecule has 2 unspecified atom stereocenters. The number of hydrogen-bond donors (Lipinski definition) is 0. The van der Waals surface area contributed by atoms with Crippen LogP contribution in [-0.2, 0) is 0 Å². The van der Waals surface area contributed by atoms with Crippen LogP contribution in [0.5, 0.6) is 0 Å². The molecule has 0 amide bonds. The predicted molar refractivity (Wildman–Crippen MR) is 62.9 cm³/mol. The molecule has 1 heteroatoms. The maximum absolute atomic E-state index is 4.57. The molecule has 3 rings (SSSR count). The molecule has 2 aliphatic carbocycles. The van der Waals surface area contributed by atoms with E-state index in [1.807, 2.05) is 0 Å². The largest absolute Gasteiger partial charge is 0.256 e. The highest BCUT2D eigenvalue weighted by atomic mass is 14.7. The number of fused-ring (bicyclic) bond motifs is 5. The molecular formula is C14H17N. The second kappa shape index (κ2) is 3.19. The third-order valence-corrected chi connectivity index (χ3v) is 4.12. The third-order valence-electron chi connectivity index (χ3n) is 4.12. The van der Waals surface area contributed by atoms with Crippen molar-refractivity contribution in [3.05, 3.63) is 35.2 Å². The minimum Gasteiger partial charge on any atom is -0.256 e. The molecule has 2 bridgehead atoms. The second-order valence-electron chi connectivity index (χ2n) is 4.88. The molecule has 1 heterocycles. The van der Waals surface area contributed by atoms with Crippen molar-refractivity contribution in [1.29, 1.82) is 0 Å². The molecule has 1 fully saturated rings. The van der Waals surface area contributed by atoms with E-state index in [4.69, 9.17) is 0 Å². The normalized spacial score (nSPS) is 28.3. The van der Waals surface area contributed by atoms with Gasteiger partial charge in [-0.1, -0.05) is 6.08 Å². The molecule has 0 radical (unpaired) electrons. The van der Waals surface area contributed by atoms with Crippen LogP contribution in [0.3, 0.4) is 0 Å². The van der Waals surface area contributed by atoms with Gasteiger partial charge in [-0.2, -0.15) is 0 Å². The Kier molecular flexibility index (Phi) is 1.95. The van der Waals surface area contributed by atoms with E-state index in [0.717, 1.165) is 11.8 Å². The van der Waals surface area contributed by atoms with E-state index < -0.39 is 0 Å². The van der Waals surface area contributed by atoms with E-state index in [0.29, 0.717) is 0 Å².